The molecule has 1 fully saturated rings. The maximum absolute atomic E-state index is 15.4. The van der Waals surface area contributed by atoms with Gasteiger partial charge in [0.15, 0.2) is 23.1 Å². The number of pyridine rings is 2. The second-order valence-corrected chi connectivity index (χ2v) is 10.7. The van der Waals surface area contributed by atoms with Crippen LogP contribution in [-0.2, 0) is 11.8 Å². The number of hydrogen-bond donors (Lipinski definition) is 1. The Kier molecular flexibility index (Phi) is 9.23. The average Bonchev–Trinajstić information content (AvgIpc) is 3.07. The van der Waals surface area contributed by atoms with Crippen molar-refractivity contribution >= 4 is 22.4 Å². The summed E-state index contributed by atoms with van der Waals surface area (Å²) in [6, 6.07) is 22.8. The third kappa shape index (κ3) is 6.92. The fraction of sp³-hybridized carbons (Fsp3) is 0.257. The van der Waals surface area contributed by atoms with Gasteiger partial charge >= 0.3 is 0 Å². The van der Waals surface area contributed by atoms with Crippen LogP contribution in [0.5, 0.6) is 23.0 Å². The third-order valence-corrected chi connectivity index (χ3v) is 7.78. The van der Waals surface area contributed by atoms with E-state index in [0.717, 1.165) is 45.0 Å². The Morgan fingerprint density at radius 3 is 2.53 bits per heavy atom. The number of fused-ring (bicyclic) bond motifs is 1. The van der Waals surface area contributed by atoms with Crippen molar-refractivity contribution in [3.8, 4) is 34.1 Å². The minimum Gasteiger partial charge on any atom is -0.493 e. The lowest BCUT2D eigenvalue weighted by Gasteiger charge is -2.26. The van der Waals surface area contributed by atoms with Gasteiger partial charge in [-0.3, -0.25) is 19.2 Å². The normalized spacial score (nSPS) is 13.5. The predicted molar refractivity (Wildman–Crippen MR) is 173 cm³/mol. The van der Waals surface area contributed by atoms with Gasteiger partial charge in [-0.05, 0) is 60.5 Å². The first-order valence-corrected chi connectivity index (χ1v) is 14.9. The van der Waals surface area contributed by atoms with Crippen LogP contribution in [0.25, 0.3) is 22.0 Å². The van der Waals surface area contributed by atoms with Crippen molar-refractivity contribution in [1.82, 2.24) is 14.5 Å². The van der Waals surface area contributed by atoms with E-state index in [0.29, 0.717) is 51.7 Å². The lowest BCUT2D eigenvalue weighted by atomic mass is 10.1. The van der Waals surface area contributed by atoms with E-state index in [1.165, 1.54) is 16.7 Å². The Morgan fingerprint density at radius 2 is 1.76 bits per heavy atom. The van der Waals surface area contributed by atoms with Gasteiger partial charge < -0.3 is 24.3 Å². The molecule has 2 aromatic heterocycles. The standard InChI is InChI=1S/C35H35FN4O5/c1-39-34(38-25-7-4-3-5-8-25)12-10-26(35(39)41)24-9-11-31(28(36)21-24)45-30-13-14-37-29-23-33(32(42-2)22-27(29)30)44-18-6-15-40-16-19-43-20-17-40/h3-5,7-14,21-23,38H,6,15-20H2,1-2H3. The molecule has 3 aromatic carbocycles. The quantitative estimate of drug-likeness (QED) is 0.172. The predicted octanol–water partition coefficient (Wildman–Crippen LogP) is 6.39. The van der Waals surface area contributed by atoms with Crippen molar-refractivity contribution in [2.75, 3.05) is 51.9 Å². The molecule has 0 spiro atoms. The van der Waals surface area contributed by atoms with Crippen molar-refractivity contribution in [3.63, 3.8) is 0 Å². The molecule has 0 bridgehead atoms. The van der Waals surface area contributed by atoms with Crippen LogP contribution in [0.4, 0.5) is 15.9 Å². The number of halogens is 1. The molecule has 0 aliphatic carbocycles. The van der Waals surface area contributed by atoms with Crippen LogP contribution >= 0.6 is 0 Å². The zero-order valence-corrected chi connectivity index (χ0v) is 25.3. The average molecular weight is 611 g/mol. The van der Waals surface area contributed by atoms with E-state index in [2.05, 4.69) is 15.2 Å². The van der Waals surface area contributed by atoms with Crippen LogP contribution in [0.1, 0.15) is 6.42 Å². The summed E-state index contributed by atoms with van der Waals surface area (Å²) in [5.74, 6) is 1.57. The van der Waals surface area contributed by atoms with Crippen molar-refractivity contribution in [1.29, 1.82) is 0 Å². The first-order chi connectivity index (χ1) is 22.0. The van der Waals surface area contributed by atoms with Gasteiger partial charge in [-0.1, -0.05) is 24.3 Å². The molecule has 0 atom stereocenters. The second kappa shape index (κ2) is 13.8. The number of rotatable bonds is 11. The van der Waals surface area contributed by atoms with Crippen LogP contribution < -0.4 is 25.1 Å². The SMILES string of the molecule is COc1cc2c(Oc3ccc(-c4ccc(Nc5ccccc5)n(C)c4=O)cc3F)ccnc2cc1OCCCN1CCOCC1. The topological polar surface area (TPSA) is 87.1 Å². The summed E-state index contributed by atoms with van der Waals surface area (Å²) in [5.41, 5.74) is 2.05. The first-order valence-electron chi connectivity index (χ1n) is 14.9. The highest BCUT2D eigenvalue weighted by atomic mass is 19.1. The number of methoxy groups -OCH3 is 1. The fourth-order valence-electron chi connectivity index (χ4n) is 5.30. The molecule has 232 valence electrons. The minimum absolute atomic E-state index is 0.0212. The van der Waals surface area contributed by atoms with Gasteiger partial charge in [0.05, 0.1) is 32.4 Å². The summed E-state index contributed by atoms with van der Waals surface area (Å²) < 4.78 is 40.0. The van der Waals surface area contributed by atoms with E-state index in [1.807, 2.05) is 30.3 Å². The van der Waals surface area contributed by atoms with Crippen LogP contribution in [0.3, 0.4) is 0 Å². The molecule has 0 radical (unpaired) electrons. The molecule has 10 heteroatoms. The van der Waals surface area contributed by atoms with E-state index >= 15 is 4.39 Å². The molecular weight excluding hydrogens is 575 g/mol. The highest BCUT2D eigenvalue weighted by Crippen LogP contribution is 2.38. The summed E-state index contributed by atoms with van der Waals surface area (Å²) >= 11 is 0. The highest BCUT2D eigenvalue weighted by molar-refractivity contribution is 5.88. The van der Waals surface area contributed by atoms with E-state index in [1.54, 1.807) is 56.8 Å². The van der Waals surface area contributed by atoms with Crippen molar-refractivity contribution < 1.29 is 23.3 Å². The number of ether oxygens (including phenoxy) is 4. The summed E-state index contributed by atoms with van der Waals surface area (Å²) in [6.45, 7) is 4.88. The molecule has 0 unspecified atom stereocenters. The maximum atomic E-state index is 15.4. The lowest BCUT2D eigenvalue weighted by Crippen LogP contribution is -2.37. The Morgan fingerprint density at radius 1 is 0.933 bits per heavy atom. The monoisotopic (exact) mass is 610 g/mol. The Labute approximate surface area is 260 Å². The van der Waals surface area contributed by atoms with Crippen LogP contribution in [0.2, 0.25) is 0 Å². The van der Waals surface area contributed by atoms with Gasteiger partial charge in [-0.2, -0.15) is 0 Å². The zero-order chi connectivity index (χ0) is 31.2. The number of morpholine rings is 1. The Bertz CT molecular complexity index is 1840. The molecule has 1 N–H and O–H groups in total. The molecule has 0 amide bonds. The Balaban J connectivity index is 1.18. The Hall–Kier alpha value is -4.93. The molecule has 1 saturated heterocycles. The number of aromatic nitrogens is 2. The summed E-state index contributed by atoms with van der Waals surface area (Å²) in [7, 11) is 3.25. The van der Waals surface area contributed by atoms with Gasteiger partial charge in [0.2, 0.25) is 0 Å². The van der Waals surface area contributed by atoms with Gasteiger partial charge in [0, 0.05) is 55.6 Å². The fourth-order valence-corrected chi connectivity index (χ4v) is 5.30. The second-order valence-electron chi connectivity index (χ2n) is 10.7. The van der Waals surface area contributed by atoms with E-state index in [-0.39, 0.29) is 11.3 Å². The highest BCUT2D eigenvalue weighted by Gasteiger charge is 2.16. The minimum atomic E-state index is -0.599. The van der Waals surface area contributed by atoms with Gasteiger partial charge in [-0.15, -0.1) is 0 Å². The zero-order valence-electron chi connectivity index (χ0n) is 25.3. The molecule has 3 heterocycles. The van der Waals surface area contributed by atoms with Gasteiger partial charge in [0.1, 0.15) is 11.6 Å². The van der Waals surface area contributed by atoms with E-state index in [4.69, 9.17) is 18.9 Å². The van der Waals surface area contributed by atoms with Gasteiger partial charge in [-0.25, -0.2) is 4.39 Å². The lowest BCUT2D eigenvalue weighted by molar-refractivity contribution is 0.0357. The summed E-state index contributed by atoms with van der Waals surface area (Å²) in [4.78, 5) is 20.0. The molecule has 6 rings (SSSR count). The number of nitrogens with one attached hydrogen (secondary N) is 1. The third-order valence-electron chi connectivity index (χ3n) is 7.78. The van der Waals surface area contributed by atoms with E-state index in [9.17, 15) is 4.79 Å². The molecular formula is C35H35FN4O5. The molecule has 0 saturated carbocycles. The summed E-state index contributed by atoms with van der Waals surface area (Å²) in [5, 5.41) is 3.88. The van der Waals surface area contributed by atoms with Crippen molar-refractivity contribution in [2.24, 2.45) is 7.05 Å². The van der Waals surface area contributed by atoms with E-state index < -0.39 is 5.82 Å². The van der Waals surface area contributed by atoms with Gasteiger partial charge in [0.25, 0.3) is 5.56 Å². The molecule has 1 aliphatic rings. The van der Waals surface area contributed by atoms with Crippen molar-refractivity contribution in [3.05, 3.63) is 101 Å². The van der Waals surface area contributed by atoms with Crippen LogP contribution in [-0.4, -0.2) is 61.0 Å². The largest absolute Gasteiger partial charge is 0.493 e. The number of nitrogens with zero attached hydrogens (tertiary/aromatic N) is 3. The van der Waals surface area contributed by atoms with Crippen LogP contribution in [0, 0.1) is 5.82 Å². The molecule has 9 nitrogen and oxygen atoms in total. The number of para-hydroxylation sites is 1. The number of anilines is 2. The smallest absolute Gasteiger partial charge is 0.259 e. The number of benzene rings is 3. The first kappa shape index (κ1) is 30.1. The van der Waals surface area contributed by atoms with Crippen LogP contribution in [0.15, 0.2) is 89.9 Å². The molecule has 45 heavy (non-hydrogen) atoms. The molecule has 1 aliphatic heterocycles. The maximum Gasteiger partial charge on any atom is 0.259 e. The number of hydrogen-bond acceptors (Lipinski definition) is 8. The molecule has 5 aromatic rings. The van der Waals surface area contributed by atoms with Crippen molar-refractivity contribution in [2.45, 2.75) is 6.42 Å². The summed E-state index contributed by atoms with van der Waals surface area (Å²) in [6.07, 6.45) is 2.47.